The van der Waals surface area contributed by atoms with Crippen LogP contribution >= 0.6 is 0 Å². The van der Waals surface area contributed by atoms with Crippen molar-refractivity contribution >= 4 is 5.91 Å². The smallest absolute Gasteiger partial charge is 0.263 e. The number of hydrogen-bond donors (Lipinski definition) is 1. The quantitative estimate of drug-likeness (QED) is 0.673. The Morgan fingerprint density at radius 2 is 2.55 bits per heavy atom. The zero-order chi connectivity index (χ0) is 14.4. The van der Waals surface area contributed by atoms with Crippen molar-refractivity contribution in [2.45, 2.75) is 26.3 Å². The van der Waals surface area contributed by atoms with Gasteiger partial charge in [0.2, 0.25) is 0 Å². The van der Waals surface area contributed by atoms with E-state index in [1.807, 2.05) is 6.07 Å². The molecule has 1 amide bonds. The highest BCUT2D eigenvalue weighted by Crippen LogP contribution is 2.16. The molecule has 1 aromatic heterocycles. The van der Waals surface area contributed by atoms with Crippen LogP contribution in [0, 0.1) is 17.2 Å². The van der Waals surface area contributed by atoms with E-state index in [1.54, 1.807) is 24.6 Å². The fraction of sp³-hybridized carbons (Fsp3) is 0.467. The van der Waals surface area contributed by atoms with Gasteiger partial charge in [0.1, 0.15) is 17.4 Å². The number of nitrogens with one attached hydrogen (secondary N) is 1. The highest BCUT2D eigenvalue weighted by molar-refractivity contribution is 5.97. The molecule has 1 unspecified atom stereocenters. The van der Waals surface area contributed by atoms with Gasteiger partial charge in [0.15, 0.2) is 0 Å². The second kappa shape index (κ2) is 6.80. The molecule has 1 atom stereocenters. The van der Waals surface area contributed by atoms with Crippen molar-refractivity contribution in [3.63, 3.8) is 0 Å². The van der Waals surface area contributed by atoms with Crippen molar-refractivity contribution in [3.8, 4) is 6.07 Å². The van der Waals surface area contributed by atoms with E-state index in [2.05, 4.69) is 17.1 Å². The van der Waals surface area contributed by atoms with E-state index in [-0.39, 0.29) is 11.5 Å². The summed E-state index contributed by atoms with van der Waals surface area (Å²) in [5, 5.41) is 11.8. The number of hydrogen-bond acceptors (Lipinski definition) is 4. The minimum atomic E-state index is -0.359. The fourth-order valence-electron chi connectivity index (χ4n) is 2.34. The van der Waals surface area contributed by atoms with Crippen LogP contribution in [0.2, 0.25) is 0 Å². The number of piperidine rings is 1. The second-order valence-electron chi connectivity index (χ2n) is 5.16. The fourth-order valence-corrected chi connectivity index (χ4v) is 2.34. The van der Waals surface area contributed by atoms with Gasteiger partial charge in [-0.05, 0) is 30.9 Å². The molecule has 5 heteroatoms. The highest BCUT2D eigenvalue weighted by atomic mass is 16.3. The average molecular weight is 273 g/mol. The third kappa shape index (κ3) is 3.89. The summed E-state index contributed by atoms with van der Waals surface area (Å²) in [5.74, 6) is 0.912. The number of nitriles is 1. The minimum absolute atomic E-state index is 0.144. The zero-order valence-electron chi connectivity index (χ0n) is 11.6. The van der Waals surface area contributed by atoms with E-state index in [9.17, 15) is 4.79 Å². The van der Waals surface area contributed by atoms with E-state index < -0.39 is 0 Å². The number of amides is 1. The third-order valence-electron chi connectivity index (χ3n) is 3.37. The van der Waals surface area contributed by atoms with Gasteiger partial charge in [-0.2, -0.15) is 5.26 Å². The molecular formula is C15H19N3O2. The van der Waals surface area contributed by atoms with Gasteiger partial charge >= 0.3 is 0 Å². The van der Waals surface area contributed by atoms with Gasteiger partial charge in [-0.1, -0.05) is 6.92 Å². The van der Waals surface area contributed by atoms with Gasteiger partial charge < -0.3 is 14.6 Å². The van der Waals surface area contributed by atoms with Crippen LogP contribution in [-0.4, -0.2) is 23.9 Å². The van der Waals surface area contributed by atoms with E-state index in [0.717, 1.165) is 19.5 Å². The summed E-state index contributed by atoms with van der Waals surface area (Å²) in [6.45, 7) is 4.28. The Hall–Kier alpha value is -2.22. The van der Waals surface area contributed by atoms with Crippen LogP contribution < -0.4 is 5.32 Å². The minimum Gasteiger partial charge on any atom is -0.467 e. The lowest BCUT2D eigenvalue weighted by Crippen LogP contribution is -2.32. The summed E-state index contributed by atoms with van der Waals surface area (Å²) in [6, 6.07) is 5.51. The maximum absolute atomic E-state index is 12.0. The van der Waals surface area contributed by atoms with Gasteiger partial charge in [-0.15, -0.1) is 0 Å². The van der Waals surface area contributed by atoms with Crippen molar-refractivity contribution in [1.82, 2.24) is 10.2 Å². The summed E-state index contributed by atoms with van der Waals surface area (Å²) in [4.78, 5) is 14.0. The summed E-state index contributed by atoms with van der Waals surface area (Å²) < 4.78 is 5.13. The maximum Gasteiger partial charge on any atom is 0.263 e. The standard InChI is InChI=1S/C15H19N3O2/c1-12-4-2-6-18(10-12)11-13(8-16)15(19)17-9-14-5-3-7-20-14/h3,5,7,11-12H,2,4,6,9-10H2,1H3,(H,17,19)/b13-11-. The third-order valence-corrected chi connectivity index (χ3v) is 3.37. The van der Waals surface area contributed by atoms with E-state index in [4.69, 9.17) is 9.68 Å². The lowest BCUT2D eigenvalue weighted by molar-refractivity contribution is -0.117. The molecule has 2 rings (SSSR count). The molecule has 0 radical (unpaired) electrons. The Balaban J connectivity index is 1.93. The van der Waals surface area contributed by atoms with Crippen LogP contribution in [0.25, 0.3) is 0 Å². The Kier molecular flexibility index (Phi) is 4.83. The first-order valence-corrected chi connectivity index (χ1v) is 6.85. The van der Waals surface area contributed by atoms with Crippen molar-refractivity contribution in [2.24, 2.45) is 5.92 Å². The van der Waals surface area contributed by atoms with Crippen LogP contribution in [0.4, 0.5) is 0 Å². The first-order valence-electron chi connectivity index (χ1n) is 6.85. The largest absolute Gasteiger partial charge is 0.467 e. The summed E-state index contributed by atoms with van der Waals surface area (Å²) >= 11 is 0. The molecule has 0 spiro atoms. The zero-order valence-corrected chi connectivity index (χ0v) is 11.6. The van der Waals surface area contributed by atoms with Crippen molar-refractivity contribution < 1.29 is 9.21 Å². The predicted octanol–water partition coefficient (Wildman–Crippen LogP) is 2.04. The van der Waals surface area contributed by atoms with Crippen molar-refractivity contribution in [1.29, 1.82) is 5.26 Å². The van der Waals surface area contributed by atoms with Gasteiger partial charge in [-0.3, -0.25) is 4.79 Å². The molecule has 0 bridgehead atoms. The Labute approximate surface area is 118 Å². The topological polar surface area (TPSA) is 69.3 Å². The molecule has 0 aliphatic carbocycles. The van der Waals surface area contributed by atoms with E-state index in [1.165, 1.54) is 6.42 Å². The number of carbonyl (C=O) groups excluding carboxylic acids is 1. The maximum atomic E-state index is 12.0. The molecule has 0 saturated carbocycles. The van der Waals surface area contributed by atoms with Gasteiger partial charge in [0.05, 0.1) is 12.8 Å². The van der Waals surface area contributed by atoms with Crippen LogP contribution in [0.3, 0.4) is 0 Å². The molecule has 1 aromatic rings. The van der Waals surface area contributed by atoms with Gasteiger partial charge in [-0.25, -0.2) is 0 Å². The molecule has 1 aliphatic heterocycles. The number of carbonyl (C=O) groups is 1. The molecule has 2 heterocycles. The molecule has 0 aromatic carbocycles. The number of nitrogens with zero attached hydrogens (tertiary/aromatic N) is 2. The lowest BCUT2D eigenvalue weighted by atomic mass is 10.0. The summed E-state index contributed by atoms with van der Waals surface area (Å²) in [5.41, 5.74) is 0.144. The number of likely N-dealkylation sites (tertiary alicyclic amines) is 1. The van der Waals surface area contributed by atoms with Crippen molar-refractivity contribution in [3.05, 3.63) is 35.9 Å². The Morgan fingerprint density at radius 1 is 1.70 bits per heavy atom. The molecule has 1 fully saturated rings. The van der Waals surface area contributed by atoms with Crippen LogP contribution in [0.1, 0.15) is 25.5 Å². The Morgan fingerprint density at radius 3 is 3.20 bits per heavy atom. The second-order valence-corrected chi connectivity index (χ2v) is 5.16. The lowest BCUT2D eigenvalue weighted by Gasteiger charge is -2.29. The molecule has 20 heavy (non-hydrogen) atoms. The van der Waals surface area contributed by atoms with Crippen LogP contribution in [0.5, 0.6) is 0 Å². The average Bonchev–Trinajstić information content (AvgIpc) is 2.95. The molecule has 5 nitrogen and oxygen atoms in total. The number of furan rings is 1. The molecule has 1 aliphatic rings. The van der Waals surface area contributed by atoms with Crippen LogP contribution in [-0.2, 0) is 11.3 Å². The summed E-state index contributed by atoms with van der Waals surface area (Å²) in [7, 11) is 0. The first kappa shape index (κ1) is 14.2. The molecule has 1 N–H and O–H groups in total. The predicted molar refractivity (Wildman–Crippen MR) is 74.2 cm³/mol. The molecule has 106 valence electrons. The van der Waals surface area contributed by atoms with Crippen molar-refractivity contribution in [2.75, 3.05) is 13.1 Å². The number of rotatable bonds is 4. The first-order chi connectivity index (χ1) is 9.69. The molecule has 1 saturated heterocycles. The van der Waals surface area contributed by atoms with E-state index >= 15 is 0 Å². The SMILES string of the molecule is CC1CCCN(/C=C(/C#N)C(=O)NCc2ccco2)C1. The van der Waals surface area contributed by atoms with Gasteiger partial charge in [0.25, 0.3) is 5.91 Å². The Bertz CT molecular complexity index is 514. The highest BCUT2D eigenvalue weighted by Gasteiger charge is 2.16. The van der Waals surface area contributed by atoms with Crippen LogP contribution in [0.15, 0.2) is 34.6 Å². The monoisotopic (exact) mass is 273 g/mol. The van der Waals surface area contributed by atoms with E-state index in [0.29, 0.717) is 18.2 Å². The molecular weight excluding hydrogens is 254 g/mol. The normalized spacial score (nSPS) is 19.5. The summed E-state index contributed by atoms with van der Waals surface area (Å²) in [6.07, 6.45) is 5.53. The van der Waals surface area contributed by atoms with Gasteiger partial charge in [0, 0.05) is 19.3 Å².